The van der Waals surface area contributed by atoms with Gasteiger partial charge in [-0.05, 0) is 35.7 Å². The van der Waals surface area contributed by atoms with Gasteiger partial charge < -0.3 is 14.8 Å². The average molecular weight is 407 g/mol. The van der Waals surface area contributed by atoms with Gasteiger partial charge in [0.25, 0.3) is 5.91 Å². The molecule has 2 rings (SSSR count). The van der Waals surface area contributed by atoms with Gasteiger partial charge in [0.1, 0.15) is 16.4 Å². The molecule has 0 bridgehead atoms. The van der Waals surface area contributed by atoms with Crippen molar-refractivity contribution in [2.24, 2.45) is 0 Å². The van der Waals surface area contributed by atoms with Gasteiger partial charge in [-0.1, -0.05) is 32.0 Å². The molecular formula is C20H26N2O5S. The van der Waals surface area contributed by atoms with E-state index in [1.165, 1.54) is 33.3 Å². The summed E-state index contributed by atoms with van der Waals surface area (Å²) < 4.78 is 36.8. The largest absolute Gasteiger partial charge is 0.495 e. The standard InChI is InChI=1S/C20H26N2O5S/c1-14(2)16-8-6-7-9-17(16)27-13-20(23)21-15-10-11-18(26-5)19(12-15)28(24,25)22(3)4/h6-12,14H,13H2,1-5H3,(H,21,23). The Hall–Kier alpha value is -2.58. The van der Waals surface area contributed by atoms with Gasteiger partial charge in [-0.3, -0.25) is 4.79 Å². The van der Waals surface area contributed by atoms with E-state index in [1.807, 2.05) is 38.1 Å². The highest BCUT2D eigenvalue weighted by molar-refractivity contribution is 7.89. The first-order valence-corrected chi connectivity index (χ1v) is 10.2. The van der Waals surface area contributed by atoms with E-state index in [4.69, 9.17) is 9.47 Å². The first kappa shape index (κ1) is 21.7. The van der Waals surface area contributed by atoms with Crippen molar-refractivity contribution >= 4 is 21.6 Å². The van der Waals surface area contributed by atoms with Crippen LogP contribution in [0.1, 0.15) is 25.3 Å². The van der Waals surface area contributed by atoms with Crippen LogP contribution in [-0.2, 0) is 14.8 Å². The Balaban J connectivity index is 2.15. The van der Waals surface area contributed by atoms with E-state index in [9.17, 15) is 13.2 Å². The monoisotopic (exact) mass is 406 g/mol. The van der Waals surface area contributed by atoms with Crippen LogP contribution >= 0.6 is 0 Å². The molecule has 7 nitrogen and oxygen atoms in total. The summed E-state index contributed by atoms with van der Waals surface area (Å²) in [5.74, 6) is 0.726. The zero-order valence-corrected chi connectivity index (χ0v) is 17.5. The summed E-state index contributed by atoms with van der Waals surface area (Å²) in [5, 5.41) is 2.66. The predicted molar refractivity (Wildman–Crippen MR) is 109 cm³/mol. The number of hydrogen-bond donors (Lipinski definition) is 1. The Morgan fingerprint density at radius 1 is 1.11 bits per heavy atom. The number of sulfonamides is 1. The number of methoxy groups -OCH3 is 1. The van der Waals surface area contributed by atoms with Gasteiger partial charge >= 0.3 is 0 Å². The molecule has 2 aromatic carbocycles. The number of carbonyl (C=O) groups is 1. The third-order valence-corrected chi connectivity index (χ3v) is 5.94. The maximum atomic E-state index is 12.5. The lowest BCUT2D eigenvalue weighted by molar-refractivity contribution is -0.118. The summed E-state index contributed by atoms with van der Waals surface area (Å²) in [7, 11) is 0.530. The lowest BCUT2D eigenvalue weighted by Crippen LogP contribution is -2.24. The smallest absolute Gasteiger partial charge is 0.262 e. The van der Waals surface area contributed by atoms with Crippen LogP contribution < -0.4 is 14.8 Å². The molecule has 8 heteroatoms. The van der Waals surface area contributed by atoms with Gasteiger partial charge in [0.05, 0.1) is 7.11 Å². The Morgan fingerprint density at radius 2 is 1.79 bits per heavy atom. The first-order valence-electron chi connectivity index (χ1n) is 8.79. The number of ether oxygens (including phenoxy) is 2. The fourth-order valence-corrected chi connectivity index (χ4v) is 3.66. The van der Waals surface area contributed by atoms with Crippen molar-refractivity contribution in [3.05, 3.63) is 48.0 Å². The van der Waals surface area contributed by atoms with Crippen molar-refractivity contribution in [2.75, 3.05) is 33.1 Å². The minimum Gasteiger partial charge on any atom is -0.495 e. The van der Waals surface area contributed by atoms with Crippen LogP contribution in [0, 0.1) is 0 Å². The summed E-state index contributed by atoms with van der Waals surface area (Å²) in [4.78, 5) is 12.3. The molecule has 0 aromatic heterocycles. The lowest BCUT2D eigenvalue weighted by Gasteiger charge is -2.16. The van der Waals surface area contributed by atoms with Crippen LogP contribution in [0.4, 0.5) is 5.69 Å². The molecule has 0 radical (unpaired) electrons. The fourth-order valence-electron chi connectivity index (χ4n) is 2.58. The molecule has 0 aliphatic heterocycles. The van der Waals surface area contributed by atoms with E-state index < -0.39 is 15.9 Å². The summed E-state index contributed by atoms with van der Waals surface area (Å²) in [6.45, 7) is 3.91. The molecule has 0 aliphatic carbocycles. The Morgan fingerprint density at radius 3 is 2.39 bits per heavy atom. The van der Waals surface area contributed by atoms with Gasteiger partial charge in [0, 0.05) is 19.8 Å². The molecule has 0 saturated carbocycles. The third kappa shape index (κ3) is 5.02. The van der Waals surface area contributed by atoms with E-state index in [0.717, 1.165) is 9.87 Å². The minimum atomic E-state index is -3.72. The topological polar surface area (TPSA) is 84.9 Å². The van der Waals surface area contributed by atoms with Crippen LogP contribution in [0.25, 0.3) is 0 Å². The third-order valence-electron chi connectivity index (χ3n) is 4.11. The second kappa shape index (κ2) is 9.07. The molecule has 0 atom stereocenters. The Labute approximate surface area is 166 Å². The van der Waals surface area contributed by atoms with E-state index in [1.54, 1.807) is 6.07 Å². The van der Waals surface area contributed by atoms with Gasteiger partial charge in [-0.15, -0.1) is 0 Å². The SMILES string of the molecule is COc1ccc(NC(=O)COc2ccccc2C(C)C)cc1S(=O)(=O)N(C)C. The molecule has 0 spiro atoms. The number of carbonyl (C=O) groups excluding carboxylic acids is 1. The van der Waals surface area contributed by atoms with Crippen molar-refractivity contribution in [1.82, 2.24) is 4.31 Å². The highest BCUT2D eigenvalue weighted by atomic mass is 32.2. The molecule has 28 heavy (non-hydrogen) atoms. The quantitative estimate of drug-likeness (QED) is 0.728. The molecule has 1 N–H and O–H groups in total. The number of nitrogens with zero attached hydrogens (tertiary/aromatic N) is 1. The number of rotatable bonds is 8. The Kier molecular flexibility index (Phi) is 7.04. The molecular weight excluding hydrogens is 380 g/mol. The maximum absolute atomic E-state index is 12.5. The van der Waals surface area contributed by atoms with Gasteiger partial charge in [0.2, 0.25) is 10.0 Å². The van der Waals surface area contributed by atoms with Crippen molar-refractivity contribution < 1.29 is 22.7 Å². The van der Waals surface area contributed by atoms with Gasteiger partial charge in [-0.2, -0.15) is 0 Å². The molecule has 152 valence electrons. The minimum absolute atomic E-state index is 0.0242. The van der Waals surface area contributed by atoms with Crippen molar-refractivity contribution in [3.8, 4) is 11.5 Å². The second-order valence-electron chi connectivity index (χ2n) is 6.68. The number of benzene rings is 2. The van der Waals surface area contributed by atoms with Gasteiger partial charge in [0.15, 0.2) is 6.61 Å². The predicted octanol–water partition coefficient (Wildman–Crippen LogP) is 3.09. The zero-order chi connectivity index (χ0) is 20.9. The number of amides is 1. The number of anilines is 1. The van der Waals surface area contributed by atoms with E-state index in [-0.39, 0.29) is 23.2 Å². The van der Waals surface area contributed by atoms with Crippen molar-refractivity contribution in [1.29, 1.82) is 0 Å². The van der Waals surface area contributed by atoms with Crippen LogP contribution in [0.3, 0.4) is 0 Å². The zero-order valence-electron chi connectivity index (χ0n) is 16.7. The molecule has 2 aromatic rings. The molecule has 0 aliphatic rings. The fraction of sp³-hybridized carbons (Fsp3) is 0.350. The highest BCUT2D eigenvalue weighted by Crippen LogP contribution is 2.29. The number of nitrogens with one attached hydrogen (secondary N) is 1. The summed E-state index contributed by atoms with van der Waals surface area (Å²) >= 11 is 0. The highest BCUT2D eigenvalue weighted by Gasteiger charge is 2.23. The summed E-state index contributed by atoms with van der Waals surface area (Å²) in [5.41, 5.74) is 1.35. The lowest BCUT2D eigenvalue weighted by atomic mass is 10.0. The average Bonchev–Trinajstić information content (AvgIpc) is 2.66. The van der Waals surface area contributed by atoms with E-state index in [2.05, 4.69) is 5.32 Å². The summed E-state index contributed by atoms with van der Waals surface area (Å²) in [6.07, 6.45) is 0. The molecule has 0 unspecified atom stereocenters. The first-order chi connectivity index (χ1) is 13.2. The van der Waals surface area contributed by atoms with E-state index >= 15 is 0 Å². The van der Waals surface area contributed by atoms with Crippen LogP contribution in [0.5, 0.6) is 11.5 Å². The Bertz CT molecular complexity index is 939. The maximum Gasteiger partial charge on any atom is 0.262 e. The molecule has 0 saturated heterocycles. The second-order valence-corrected chi connectivity index (χ2v) is 8.80. The van der Waals surface area contributed by atoms with E-state index in [0.29, 0.717) is 11.4 Å². The molecule has 0 fully saturated rings. The van der Waals surface area contributed by atoms with Crippen LogP contribution in [-0.4, -0.2) is 46.4 Å². The molecule has 1 amide bonds. The van der Waals surface area contributed by atoms with Gasteiger partial charge in [-0.25, -0.2) is 12.7 Å². The van der Waals surface area contributed by atoms with Crippen LogP contribution in [0.15, 0.2) is 47.4 Å². The van der Waals surface area contributed by atoms with Crippen molar-refractivity contribution in [3.63, 3.8) is 0 Å². The number of para-hydroxylation sites is 1. The van der Waals surface area contributed by atoms with Crippen molar-refractivity contribution in [2.45, 2.75) is 24.7 Å². The van der Waals surface area contributed by atoms with Crippen LogP contribution in [0.2, 0.25) is 0 Å². The summed E-state index contributed by atoms with van der Waals surface area (Å²) in [6, 6.07) is 12.0. The molecule has 0 heterocycles. The normalized spacial score (nSPS) is 11.5. The number of hydrogen-bond acceptors (Lipinski definition) is 5.